The summed E-state index contributed by atoms with van der Waals surface area (Å²) in [4.78, 5) is 1.08. The van der Waals surface area contributed by atoms with E-state index in [9.17, 15) is 0 Å². The maximum atomic E-state index is 4.27. The molecule has 0 aliphatic heterocycles. The first kappa shape index (κ1) is 10.2. The normalized spacial score (nSPS) is 8.70. The molecule has 0 bridgehead atoms. The quantitative estimate of drug-likeness (QED) is 0.377. The Morgan fingerprint density at radius 2 is 1.90 bits per heavy atom. The van der Waals surface area contributed by atoms with E-state index in [1.807, 2.05) is 0 Å². The minimum atomic E-state index is 0. The minimum Gasteiger partial charge on any atom is -1.00 e. The van der Waals surface area contributed by atoms with Gasteiger partial charge in [0.05, 0.1) is 0 Å². The number of aryl methyl sites for hydroxylation is 2. The first-order valence-corrected chi connectivity index (χ1v) is 3.41. The summed E-state index contributed by atoms with van der Waals surface area (Å²) >= 11 is 4.27. The third-order valence-corrected chi connectivity index (χ3v) is 1.85. The van der Waals surface area contributed by atoms with E-state index >= 15 is 0 Å². The molecule has 0 aliphatic rings. The van der Waals surface area contributed by atoms with Crippen LogP contribution in [0, 0.1) is 13.8 Å². The second-order valence-corrected chi connectivity index (χ2v) is 2.77. The number of hydrogen-bond acceptors (Lipinski definition) is 1. The molecule has 0 N–H and O–H groups in total. The van der Waals surface area contributed by atoms with Crippen LogP contribution in [-0.4, -0.2) is 0 Å². The molecule has 0 amide bonds. The van der Waals surface area contributed by atoms with Crippen LogP contribution in [0.1, 0.15) is 12.6 Å². The molecule has 1 rings (SSSR count). The number of thiol groups is 1. The van der Waals surface area contributed by atoms with Crippen molar-refractivity contribution in [1.82, 2.24) is 0 Å². The summed E-state index contributed by atoms with van der Waals surface area (Å²) in [6.45, 7) is 4.13. The van der Waals surface area contributed by atoms with E-state index in [4.69, 9.17) is 0 Å². The van der Waals surface area contributed by atoms with Crippen molar-refractivity contribution in [3.63, 3.8) is 0 Å². The Morgan fingerprint density at radius 1 is 1.30 bits per heavy atom. The Morgan fingerprint density at radius 3 is 2.30 bits per heavy atom. The second kappa shape index (κ2) is 4.13. The van der Waals surface area contributed by atoms with Crippen molar-refractivity contribution in [1.29, 1.82) is 0 Å². The van der Waals surface area contributed by atoms with Gasteiger partial charge in [0.2, 0.25) is 0 Å². The number of rotatable bonds is 0. The summed E-state index contributed by atoms with van der Waals surface area (Å²) in [7, 11) is 0. The second-order valence-electron chi connectivity index (χ2n) is 2.29. The van der Waals surface area contributed by atoms with Crippen LogP contribution in [0.25, 0.3) is 0 Å². The zero-order valence-corrected chi connectivity index (χ0v) is 7.57. The van der Waals surface area contributed by atoms with Gasteiger partial charge < -0.3 is 1.43 Å². The van der Waals surface area contributed by atoms with E-state index in [-0.39, 0.29) is 20.3 Å². The van der Waals surface area contributed by atoms with E-state index in [0.29, 0.717) is 0 Å². The van der Waals surface area contributed by atoms with Crippen LogP contribution < -0.4 is 18.9 Å². The van der Waals surface area contributed by atoms with E-state index in [1.54, 1.807) is 0 Å². The van der Waals surface area contributed by atoms with Crippen LogP contribution in [0.3, 0.4) is 0 Å². The summed E-state index contributed by atoms with van der Waals surface area (Å²) in [5.41, 5.74) is 2.51. The van der Waals surface area contributed by atoms with E-state index < -0.39 is 0 Å². The Labute approximate surface area is 81.1 Å². The van der Waals surface area contributed by atoms with Crippen molar-refractivity contribution in [3.05, 3.63) is 29.3 Å². The smallest absolute Gasteiger partial charge is 1.00 e. The van der Waals surface area contributed by atoms with Gasteiger partial charge in [0, 0.05) is 4.90 Å². The molecule has 1 aromatic rings. The summed E-state index contributed by atoms with van der Waals surface area (Å²) in [5.74, 6) is 0. The fourth-order valence-corrected chi connectivity index (χ4v) is 0.998. The molecule has 10 heavy (non-hydrogen) atoms. The third-order valence-electron chi connectivity index (χ3n) is 1.36. The molecule has 1 aromatic carbocycles. The van der Waals surface area contributed by atoms with E-state index in [2.05, 4.69) is 44.7 Å². The van der Waals surface area contributed by atoms with Gasteiger partial charge >= 0.3 is 18.9 Å². The summed E-state index contributed by atoms with van der Waals surface area (Å²) in [6, 6.07) is 6.24. The van der Waals surface area contributed by atoms with Crippen LogP contribution in [0.4, 0.5) is 0 Å². The van der Waals surface area contributed by atoms with Gasteiger partial charge in [-0.2, -0.15) is 0 Å². The summed E-state index contributed by atoms with van der Waals surface area (Å²) in [5, 5.41) is 0. The van der Waals surface area contributed by atoms with Crippen molar-refractivity contribution in [2.45, 2.75) is 18.7 Å². The summed E-state index contributed by atoms with van der Waals surface area (Å²) < 4.78 is 0. The van der Waals surface area contributed by atoms with Gasteiger partial charge in [-0.1, -0.05) is 17.7 Å². The number of hydrogen-bond donors (Lipinski definition) is 1. The molecule has 0 fully saturated rings. The van der Waals surface area contributed by atoms with Crippen LogP contribution >= 0.6 is 12.6 Å². The van der Waals surface area contributed by atoms with Crippen molar-refractivity contribution in [2.75, 3.05) is 0 Å². The maximum Gasteiger partial charge on any atom is 1.00 e. The molecule has 0 aliphatic carbocycles. The molecular weight excluding hydrogens is 135 g/mol. The van der Waals surface area contributed by atoms with Gasteiger partial charge in [-0.3, -0.25) is 0 Å². The van der Waals surface area contributed by atoms with Crippen molar-refractivity contribution < 1.29 is 20.3 Å². The Balaban J connectivity index is 0. The average molecular weight is 146 g/mol. The fourth-order valence-electron chi connectivity index (χ4n) is 0.719. The zero-order chi connectivity index (χ0) is 6.85. The van der Waals surface area contributed by atoms with Crippen molar-refractivity contribution >= 4 is 12.6 Å². The molecule has 0 heterocycles. The molecule has 0 saturated heterocycles. The number of benzene rings is 1. The predicted octanol–water partition coefficient (Wildman–Crippen LogP) is -0.291. The molecule has 0 aromatic heterocycles. The van der Waals surface area contributed by atoms with Crippen LogP contribution in [0.2, 0.25) is 0 Å². The molecule has 0 nitrogen and oxygen atoms in total. The third kappa shape index (κ3) is 2.42. The molecule has 0 atom stereocenters. The van der Waals surface area contributed by atoms with Gasteiger partial charge in [0.15, 0.2) is 0 Å². The Bertz CT molecular complexity index is 225. The molecule has 0 spiro atoms. The topological polar surface area (TPSA) is 0 Å². The largest absolute Gasteiger partial charge is 1.00 e. The van der Waals surface area contributed by atoms with Crippen LogP contribution in [-0.2, 0) is 0 Å². The molecule has 0 radical (unpaired) electrons. The van der Waals surface area contributed by atoms with Gasteiger partial charge in [0.1, 0.15) is 0 Å². The first-order valence-electron chi connectivity index (χ1n) is 2.96. The molecular formula is C8H11LiS. The fraction of sp³-hybridized carbons (Fsp3) is 0.250. The minimum absolute atomic E-state index is 0. The Hall–Kier alpha value is 0.167. The zero-order valence-electron chi connectivity index (χ0n) is 7.68. The maximum absolute atomic E-state index is 4.27. The monoisotopic (exact) mass is 146 g/mol. The summed E-state index contributed by atoms with van der Waals surface area (Å²) in [6.07, 6.45) is 0. The molecule has 50 valence electrons. The van der Waals surface area contributed by atoms with Crippen molar-refractivity contribution in [2.24, 2.45) is 0 Å². The van der Waals surface area contributed by atoms with Crippen LogP contribution in [0.5, 0.6) is 0 Å². The molecule has 0 saturated carbocycles. The van der Waals surface area contributed by atoms with E-state index in [1.165, 1.54) is 11.1 Å². The van der Waals surface area contributed by atoms with E-state index in [0.717, 1.165) is 4.90 Å². The predicted molar refractivity (Wildman–Crippen MR) is 44.3 cm³/mol. The van der Waals surface area contributed by atoms with Crippen LogP contribution in [0.15, 0.2) is 23.1 Å². The molecule has 0 unspecified atom stereocenters. The van der Waals surface area contributed by atoms with Gasteiger partial charge in [-0.05, 0) is 25.5 Å². The first-order chi connectivity index (χ1) is 4.20. The SMILES string of the molecule is Cc1ccc(C)c(S)c1.[H-].[Li+]. The standard InChI is InChI=1S/C8H10S.Li.H/c1-6-3-4-7(2)8(9)5-6;;/h3-5,9H,1-2H3;;/q;+1;-1. The van der Waals surface area contributed by atoms with Gasteiger partial charge in [-0.15, -0.1) is 12.6 Å². The van der Waals surface area contributed by atoms with Gasteiger partial charge in [-0.25, -0.2) is 0 Å². The van der Waals surface area contributed by atoms with Gasteiger partial charge in [0.25, 0.3) is 0 Å². The Kier molecular flexibility index (Phi) is 4.20. The van der Waals surface area contributed by atoms with Crippen molar-refractivity contribution in [3.8, 4) is 0 Å². The molecule has 2 heteroatoms. The average Bonchev–Trinajstić information content (AvgIpc) is 1.80.